The Morgan fingerprint density at radius 3 is 2.31 bits per heavy atom. The molecule has 0 radical (unpaired) electrons. The summed E-state index contributed by atoms with van der Waals surface area (Å²) >= 11 is 11.6. The highest BCUT2D eigenvalue weighted by Crippen LogP contribution is 2.37. The van der Waals surface area contributed by atoms with Crippen molar-refractivity contribution >= 4 is 34.8 Å². The van der Waals surface area contributed by atoms with Gasteiger partial charge in [0.1, 0.15) is 0 Å². The quantitative estimate of drug-likeness (QED) is 0.425. The van der Waals surface area contributed by atoms with E-state index in [2.05, 4.69) is 5.10 Å². The second-order valence-corrected chi connectivity index (χ2v) is 7.10. The van der Waals surface area contributed by atoms with Crippen molar-refractivity contribution < 1.29 is 35.9 Å². The van der Waals surface area contributed by atoms with Gasteiger partial charge in [-0.25, -0.2) is 0 Å². The Morgan fingerprint density at radius 2 is 1.69 bits per heavy atom. The van der Waals surface area contributed by atoms with Crippen LogP contribution < -0.4 is 10.1 Å². The van der Waals surface area contributed by atoms with E-state index in [4.69, 9.17) is 27.9 Å². The molecule has 0 saturated heterocycles. The summed E-state index contributed by atoms with van der Waals surface area (Å²) in [6, 6.07) is 9.05. The number of amides is 1. The third-order valence-corrected chi connectivity index (χ3v) is 4.51. The zero-order chi connectivity index (χ0) is 23.7. The van der Waals surface area contributed by atoms with Crippen LogP contribution in [0.1, 0.15) is 11.3 Å². The predicted octanol–water partition coefficient (Wildman–Crippen LogP) is 6.23. The minimum atomic E-state index is -4.82. The molecule has 0 unspecified atom stereocenters. The second-order valence-electron chi connectivity index (χ2n) is 6.25. The number of nitrogens with one attached hydrogen (secondary N) is 1. The molecule has 0 aliphatic carbocycles. The number of nitrogens with zero attached hydrogens (tertiary/aromatic N) is 2. The van der Waals surface area contributed by atoms with E-state index in [9.17, 15) is 31.1 Å². The van der Waals surface area contributed by atoms with Gasteiger partial charge in [0.2, 0.25) is 5.88 Å². The smallest absolute Gasteiger partial charge is 0.435 e. The van der Waals surface area contributed by atoms with Crippen LogP contribution in [0.15, 0.2) is 48.5 Å². The van der Waals surface area contributed by atoms with Crippen molar-refractivity contribution in [2.45, 2.75) is 12.4 Å². The lowest BCUT2D eigenvalue weighted by Gasteiger charge is -2.14. The van der Waals surface area contributed by atoms with Gasteiger partial charge in [0.15, 0.2) is 12.3 Å². The summed E-state index contributed by atoms with van der Waals surface area (Å²) in [6.07, 6.45) is -9.63. The first-order valence-corrected chi connectivity index (χ1v) is 9.33. The molecule has 3 rings (SSSR count). The van der Waals surface area contributed by atoms with E-state index in [-0.39, 0.29) is 15.7 Å². The third-order valence-electron chi connectivity index (χ3n) is 3.96. The number of hydrogen-bond donors (Lipinski definition) is 1. The third kappa shape index (κ3) is 5.46. The molecule has 1 aromatic heterocycles. The van der Waals surface area contributed by atoms with Gasteiger partial charge in [-0.1, -0.05) is 35.3 Å². The summed E-state index contributed by atoms with van der Waals surface area (Å²) in [5.41, 5.74) is -3.06. The number of ether oxygens (including phenoxy) is 1. The number of anilines is 1. The first kappa shape index (κ1) is 23.7. The van der Waals surface area contributed by atoms with E-state index in [1.54, 1.807) is 6.07 Å². The van der Waals surface area contributed by atoms with Gasteiger partial charge < -0.3 is 10.1 Å². The number of halogens is 8. The number of para-hydroxylation sites is 1. The number of carbonyl (C=O) groups is 1. The van der Waals surface area contributed by atoms with E-state index in [0.29, 0.717) is 12.1 Å². The molecule has 1 amide bonds. The molecule has 0 saturated carbocycles. The van der Waals surface area contributed by atoms with Crippen LogP contribution >= 0.6 is 23.2 Å². The van der Waals surface area contributed by atoms with Crippen LogP contribution in [0.2, 0.25) is 10.0 Å². The number of alkyl halides is 6. The largest absolute Gasteiger partial charge is 0.467 e. The van der Waals surface area contributed by atoms with E-state index in [1.807, 2.05) is 5.32 Å². The maximum Gasteiger partial charge on any atom is 0.435 e. The Bertz CT molecular complexity index is 1140. The summed E-state index contributed by atoms with van der Waals surface area (Å²) < 4.78 is 84.7. The van der Waals surface area contributed by atoms with Gasteiger partial charge in [-0.15, -0.1) is 0 Å². The SMILES string of the molecule is O=C(COc1cc(C(F)(F)F)nn1-c1ccccc1Cl)Nc1ccc(Cl)cc1C(F)(F)F. The van der Waals surface area contributed by atoms with Gasteiger partial charge in [-0.05, 0) is 30.3 Å². The summed E-state index contributed by atoms with van der Waals surface area (Å²) in [7, 11) is 0. The summed E-state index contributed by atoms with van der Waals surface area (Å²) in [5, 5.41) is 5.27. The van der Waals surface area contributed by atoms with Gasteiger partial charge in [0.25, 0.3) is 5.91 Å². The van der Waals surface area contributed by atoms with Crippen molar-refractivity contribution in [2.75, 3.05) is 11.9 Å². The van der Waals surface area contributed by atoms with Crippen LogP contribution in [0, 0.1) is 0 Å². The van der Waals surface area contributed by atoms with Crippen molar-refractivity contribution in [3.05, 3.63) is 69.8 Å². The highest BCUT2D eigenvalue weighted by Gasteiger charge is 2.36. The average molecular weight is 498 g/mol. The Labute approximate surface area is 186 Å². The van der Waals surface area contributed by atoms with Gasteiger partial charge in [0.05, 0.1) is 22.0 Å². The predicted molar refractivity (Wildman–Crippen MR) is 104 cm³/mol. The molecule has 0 aliphatic heterocycles. The molecule has 32 heavy (non-hydrogen) atoms. The molecule has 0 bridgehead atoms. The summed E-state index contributed by atoms with van der Waals surface area (Å²) in [6.45, 7) is -0.909. The van der Waals surface area contributed by atoms with Gasteiger partial charge in [-0.2, -0.15) is 36.1 Å². The minimum Gasteiger partial charge on any atom is -0.467 e. The molecule has 1 heterocycles. The van der Waals surface area contributed by atoms with Crippen molar-refractivity contribution in [3.63, 3.8) is 0 Å². The summed E-state index contributed by atoms with van der Waals surface area (Å²) in [5.74, 6) is -1.55. The normalized spacial score (nSPS) is 12.0. The van der Waals surface area contributed by atoms with Gasteiger partial charge in [0, 0.05) is 11.1 Å². The lowest BCUT2D eigenvalue weighted by Crippen LogP contribution is -2.23. The molecule has 0 aliphatic rings. The Hall–Kier alpha value is -2.92. The van der Waals surface area contributed by atoms with Crippen LogP contribution in [0.4, 0.5) is 32.0 Å². The van der Waals surface area contributed by atoms with E-state index in [0.717, 1.165) is 16.8 Å². The average Bonchev–Trinajstić information content (AvgIpc) is 3.12. The monoisotopic (exact) mass is 497 g/mol. The van der Waals surface area contributed by atoms with Crippen molar-refractivity contribution in [1.82, 2.24) is 9.78 Å². The van der Waals surface area contributed by atoms with Crippen molar-refractivity contribution in [1.29, 1.82) is 0 Å². The molecular weight excluding hydrogens is 487 g/mol. The highest BCUT2D eigenvalue weighted by molar-refractivity contribution is 6.32. The fraction of sp³-hybridized carbons (Fsp3) is 0.158. The molecule has 0 atom stereocenters. The van der Waals surface area contributed by atoms with E-state index < -0.39 is 47.7 Å². The molecule has 3 aromatic rings. The zero-order valence-corrected chi connectivity index (χ0v) is 17.1. The standard InChI is InChI=1S/C19H11Cl2F6N3O2/c20-10-5-6-13(11(7-10)18(22,23)24)28-16(31)9-32-17-8-15(19(25,26)27)29-30(17)14-4-2-1-3-12(14)21/h1-8H,9H2,(H,28,31). The Morgan fingerprint density at radius 1 is 1.00 bits per heavy atom. The zero-order valence-electron chi connectivity index (χ0n) is 15.6. The molecule has 13 heteroatoms. The molecule has 5 nitrogen and oxygen atoms in total. The number of benzene rings is 2. The van der Waals surface area contributed by atoms with Crippen molar-refractivity contribution in [2.24, 2.45) is 0 Å². The topological polar surface area (TPSA) is 56.1 Å². The molecule has 170 valence electrons. The fourth-order valence-corrected chi connectivity index (χ4v) is 2.98. The minimum absolute atomic E-state index is 0.0390. The summed E-state index contributed by atoms with van der Waals surface area (Å²) in [4.78, 5) is 12.2. The van der Waals surface area contributed by atoms with Crippen LogP contribution in [-0.2, 0) is 17.1 Å². The van der Waals surface area contributed by atoms with Crippen LogP contribution in [0.25, 0.3) is 5.69 Å². The molecule has 0 spiro atoms. The molecule has 0 fully saturated rings. The first-order chi connectivity index (χ1) is 14.9. The molecule has 1 N–H and O–H groups in total. The number of hydrogen-bond acceptors (Lipinski definition) is 3. The second kappa shape index (κ2) is 8.91. The van der Waals surface area contributed by atoms with E-state index >= 15 is 0 Å². The Kier molecular flexibility index (Phi) is 6.61. The van der Waals surface area contributed by atoms with E-state index in [1.165, 1.54) is 18.2 Å². The van der Waals surface area contributed by atoms with Gasteiger partial charge in [-0.3, -0.25) is 4.79 Å². The maximum absolute atomic E-state index is 13.2. The fourth-order valence-electron chi connectivity index (χ4n) is 2.59. The van der Waals surface area contributed by atoms with Gasteiger partial charge >= 0.3 is 12.4 Å². The number of carbonyl (C=O) groups excluding carboxylic acids is 1. The maximum atomic E-state index is 13.2. The number of aromatic nitrogens is 2. The van der Waals surface area contributed by atoms with Crippen LogP contribution in [0.5, 0.6) is 5.88 Å². The molecular formula is C19H11Cl2F6N3O2. The molecule has 2 aromatic carbocycles. The lowest BCUT2D eigenvalue weighted by molar-refractivity contribution is -0.141. The van der Waals surface area contributed by atoms with Crippen molar-refractivity contribution in [3.8, 4) is 11.6 Å². The van der Waals surface area contributed by atoms with Crippen LogP contribution in [0.3, 0.4) is 0 Å². The van der Waals surface area contributed by atoms with Crippen LogP contribution in [-0.4, -0.2) is 22.3 Å². The Balaban J connectivity index is 1.84. The number of rotatable bonds is 5. The lowest BCUT2D eigenvalue weighted by atomic mass is 10.1. The highest BCUT2D eigenvalue weighted by atomic mass is 35.5. The first-order valence-electron chi connectivity index (χ1n) is 8.58.